The van der Waals surface area contributed by atoms with E-state index < -0.39 is 7.12 Å². The molecule has 7 nitrogen and oxygen atoms in total. The number of carbonyl (C=O) groups excluding carboxylic acids is 1. The minimum Gasteiger partial charge on any atom is -0.531 e. The third-order valence-electron chi connectivity index (χ3n) is 5.25. The largest absolute Gasteiger partial charge is 0.552 e. The molecule has 0 radical (unpaired) electrons. The van der Waals surface area contributed by atoms with Gasteiger partial charge in [-0.1, -0.05) is 6.92 Å². The van der Waals surface area contributed by atoms with Crippen molar-refractivity contribution in [2.45, 2.75) is 38.3 Å². The highest BCUT2D eigenvalue weighted by molar-refractivity contribution is 6.52. The van der Waals surface area contributed by atoms with E-state index in [4.69, 9.17) is 9.92 Å². The molecule has 3 N–H and O–H groups in total. The van der Waals surface area contributed by atoms with Gasteiger partial charge in [0, 0.05) is 23.2 Å². The minimum absolute atomic E-state index is 0.0839. The van der Waals surface area contributed by atoms with Crippen LogP contribution in [0.4, 0.5) is 0 Å². The molecule has 26 heavy (non-hydrogen) atoms. The number of ketones is 1. The fourth-order valence-electron chi connectivity index (χ4n) is 3.95. The van der Waals surface area contributed by atoms with Gasteiger partial charge in [0.2, 0.25) is 0 Å². The third-order valence-corrected chi connectivity index (χ3v) is 5.25. The van der Waals surface area contributed by atoms with E-state index in [0.717, 1.165) is 28.6 Å². The standard InChI is InChI=1S/C18H19BN4O3/c1-10-2-3-13(14(24)4-6-20)23-17(10)12-8-19(25)26-15-9-22-18-11(16(12)15)5-7-21-18/h5,7-10,13,17,23,25H,2-4H2,1H3,(H,21,22)/t10-,13?,17?/m1/s1. The number of nitriles is 1. The number of Topliss-reactive ketones (excluding diaryl/α,β-unsaturated/α-hetero) is 1. The van der Waals surface area contributed by atoms with Gasteiger partial charge in [-0.05, 0) is 36.4 Å². The Balaban J connectivity index is 1.75. The number of nitrogens with zero attached hydrogens (tertiary/aromatic N) is 2. The fraction of sp³-hybridized carbons (Fsp3) is 0.389. The molecule has 0 aromatic carbocycles. The number of aromatic amines is 1. The van der Waals surface area contributed by atoms with Gasteiger partial charge < -0.3 is 20.0 Å². The number of hydrogen-bond donors (Lipinski definition) is 3. The molecule has 1 fully saturated rings. The van der Waals surface area contributed by atoms with E-state index >= 15 is 0 Å². The second-order valence-electron chi connectivity index (χ2n) is 6.92. The van der Waals surface area contributed by atoms with Crippen LogP contribution in [0.25, 0.3) is 16.6 Å². The lowest BCUT2D eigenvalue weighted by Crippen LogP contribution is -2.51. The maximum Gasteiger partial charge on any atom is 0.552 e. The first-order valence-electron chi connectivity index (χ1n) is 8.77. The monoisotopic (exact) mass is 350 g/mol. The molecule has 0 spiro atoms. The summed E-state index contributed by atoms with van der Waals surface area (Å²) < 4.78 is 5.54. The van der Waals surface area contributed by atoms with Gasteiger partial charge in [-0.15, -0.1) is 0 Å². The Morgan fingerprint density at radius 2 is 2.38 bits per heavy atom. The molecule has 1 saturated heterocycles. The van der Waals surface area contributed by atoms with Gasteiger partial charge in [0.1, 0.15) is 11.4 Å². The molecule has 0 aliphatic carbocycles. The molecule has 4 rings (SSSR count). The van der Waals surface area contributed by atoms with Crippen molar-refractivity contribution in [1.29, 1.82) is 5.26 Å². The van der Waals surface area contributed by atoms with E-state index in [1.807, 2.05) is 18.3 Å². The predicted molar refractivity (Wildman–Crippen MR) is 97.0 cm³/mol. The predicted octanol–water partition coefficient (Wildman–Crippen LogP) is 1.60. The molecule has 2 unspecified atom stereocenters. The summed E-state index contributed by atoms with van der Waals surface area (Å²) in [5.74, 6) is 2.41. The van der Waals surface area contributed by atoms with Crippen LogP contribution in [0, 0.1) is 17.2 Å². The number of pyridine rings is 1. The molecule has 132 valence electrons. The van der Waals surface area contributed by atoms with Crippen LogP contribution in [0.2, 0.25) is 0 Å². The first kappa shape index (κ1) is 16.8. The van der Waals surface area contributed by atoms with Gasteiger partial charge in [-0.3, -0.25) is 4.79 Å². The first-order chi connectivity index (χ1) is 12.6. The molecule has 0 saturated carbocycles. The molecule has 0 bridgehead atoms. The van der Waals surface area contributed by atoms with Crippen molar-refractivity contribution in [1.82, 2.24) is 15.3 Å². The summed E-state index contributed by atoms with van der Waals surface area (Å²) in [6.07, 6.45) is 4.91. The van der Waals surface area contributed by atoms with Gasteiger partial charge in [-0.2, -0.15) is 5.26 Å². The SMILES string of the molecule is C[C@@H]1CCC(C(=O)CC#N)NC1C1=CB(O)Oc2cnc3[nH]ccc3c21. The van der Waals surface area contributed by atoms with Gasteiger partial charge >= 0.3 is 7.12 Å². The lowest BCUT2D eigenvalue weighted by atomic mass is 9.74. The lowest BCUT2D eigenvalue weighted by molar-refractivity contribution is -0.121. The Morgan fingerprint density at radius 1 is 1.54 bits per heavy atom. The van der Waals surface area contributed by atoms with Crippen LogP contribution >= 0.6 is 0 Å². The van der Waals surface area contributed by atoms with Crippen molar-refractivity contribution in [2.75, 3.05) is 0 Å². The van der Waals surface area contributed by atoms with Crippen LogP contribution in [0.3, 0.4) is 0 Å². The zero-order valence-electron chi connectivity index (χ0n) is 14.4. The number of piperidine rings is 1. The third kappa shape index (κ3) is 2.79. The highest BCUT2D eigenvalue weighted by Gasteiger charge is 2.37. The number of hydrogen-bond acceptors (Lipinski definition) is 6. The van der Waals surface area contributed by atoms with Crippen molar-refractivity contribution in [3.05, 3.63) is 30.0 Å². The van der Waals surface area contributed by atoms with Crippen LogP contribution in [-0.4, -0.2) is 40.0 Å². The molecule has 2 aromatic heterocycles. The highest BCUT2D eigenvalue weighted by atomic mass is 16.5. The number of H-pyrrole nitrogens is 1. The molecule has 0 amide bonds. The Hall–Kier alpha value is -2.63. The molecule has 2 aliphatic heterocycles. The van der Waals surface area contributed by atoms with Crippen LogP contribution < -0.4 is 9.97 Å². The highest BCUT2D eigenvalue weighted by Crippen LogP contribution is 2.40. The molecular formula is C18H19BN4O3. The first-order valence-corrected chi connectivity index (χ1v) is 8.77. The van der Waals surface area contributed by atoms with Crippen molar-refractivity contribution < 1.29 is 14.5 Å². The maximum atomic E-state index is 12.2. The van der Waals surface area contributed by atoms with E-state index in [9.17, 15) is 9.82 Å². The van der Waals surface area contributed by atoms with E-state index in [1.54, 1.807) is 12.2 Å². The van der Waals surface area contributed by atoms with E-state index in [-0.39, 0.29) is 30.2 Å². The summed E-state index contributed by atoms with van der Waals surface area (Å²) in [7, 11) is -1.06. The molecule has 2 aliphatic rings. The van der Waals surface area contributed by atoms with Gasteiger partial charge in [0.25, 0.3) is 0 Å². The quantitative estimate of drug-likeness (QED) is 0.725. The van der Waals surface area contributed by atoms with Crippen molar-refractivity contribution in [2.24, 2.45) is 5.92 Å². The molecule has 8 heteroatoms. The number of nitrogens with one attached hydrogen (secondary N) is 2. The number of carbonyl (C=O) groups is 1. The minimum atomic E-state index is -1.06. The smallest absolute Gasteiger partial charge is 0.531 e. The summed E-state index contributed by atoms with van der Waals surface area (Å²) in [5, 5.41) is 23.3. The van der Waals surface area contributed by atoms with E-state index in [0.29, 0.717) is 12.2 Å². The summed E-state index contributed by atoms with van der Waals surface area (Å²) in [5.41, 5.74) is 2.54. The van der Waals surface area contributed by atoms with Crippen LogP contribution in [0.5, 0.6) is 5.75 Å². The summed E-state index contributed by atoms with van der Waals surface area (Å²) in [4.78, 5) is 19.6. The number of fused-ring (bicyclic) bond motifs is 3. The Labute approximate surface area is 151 Å². The van der Waals surface area contributed by atoms with Crippen molar-refractivity contribution in [3.63, 3.8) is 0 Å². The average Bonchev–Trinajstić information content (AvgIpc) is 3.10. The van der Waals surface area contributed by atoms with E-state index in [2.05, 4.69) is 22.2 Å². The van der Waals surface area contributed by atoms with Crippen molar-refractivity contribution in [3.8, 4) is 11.8 Å². The second kappa shape index (κ2) is 6.59. The fourth-order valence-corrected chi connectivity index (χ4v) is 3.95. The molecule has 4 heterocycles. The Kier molecular flexibility index (Phi) is 4.27. The summed E-state index contributed by atoms with van der Waals surface area (Å²) in [6.45, 7) is 2.13. The summed E-state index contributed by atoms with van der Waals surface area (Å²) in [6, 6.07) is 3.41. The maximum absolute atomic E-state index is 12.2. The normalized spacial score (nSPS) is 25.2. The van der Waals surface area contributed by atoms with E-state index in [1.165, 1.54) is 0 Å². The van der Waals surface area contributed by atoms with Crippen LogP contribution in [0.1, 0.15) is 31.7 Å². The topological polar surface area (TPSA) is 111 Å². The second-order valence-corrected chi connectivity index (χ2v) is 6.92. The van der Waals surface area contributed by atoms with Crippen molar-refractivity contribution >= 4 is 29.5 Å². The summed E-state index contributed by atoms with van der Waals surface area (Å²) >= 11 is 0. The number of rotatable bonds is 3. The Bertz CT molecular complexity index is 932. The molecule has 3 atom stereocenters. The Morgan fingerprint density at radius 3 is 3.19 bits per heavy atom. The zero-order chi connectivity index (χ0) is 18.3. The van der Waals surface area contributed by atoms with Crippen LogP contribution in [-0.2, 0) is 4.79 Å². The van der Waals surface area contributed by atoms with Gasteiger partial charge in [0.15, 0.2) is 5.78 Å². The van der Waals surface area contributed by atoms with Crippen LogP contribution in [0.15, 0.2) is 24.4 Å². The van der Waals surface area contributed by atoms with Gasteiger partial charge in [-0.25, -0.2) is 4.98 Å². The molecular weight excluding hydrogens is 331 g/mol. The lowest BCUT2D eigenvalue weighted by Gasteiger charge is -2.38. The zero-order valence-corrected chi connectivity index (χ0v) is 14.4. The average molecular weight is 350 g/mol. The number of aromatic nitrogens is 2. The van der Waals surface area contributed by atoms with Gasteiger partial charge in [0.05, 0.1) is 24.7 Å². The molecule has 2 aromatic rings.